The summed E-state index contributed by atoms with van der Waals surface area (Å²) in [5.74, 6) is -0.272. The number of hydrogen-bond donors (Lipinski definition) is 2. The molecule has 1 aliphatic heterocycles. The van der Waals surface area contributed by atoms with Crippen LogP contribution < -0.4 is 5.56 Å². The number of fused-ring (bicyclic) bond motifs is 1. The van der Waals surface area contributed by atoms with Crippen molar-refractivity contribution in [3.63, 3.8) is 0 Å². The number of carbonyl (C=O) groups is 1. The molecule has 0 bridgehead atoms. The van der Waals surface area contributed by atoms with Crippen LogP contribution in [0.1, 0.15) is 56.7 Å². The van der Waals surface area contributed by atoms with Gasteiger partial charge in [0.2, 0.25) is 5.89 Å². The van der Waals surface area contributed by atoms with Crippen LogP contribution in [-0.2, 0) is 6.42 Å². The Hall–Kier alpha value is -3.73. The molecule has 37 heavy (non-hydrogen) atoms. The van der Waals surface area contributed by atoms with Gasteiger partial charge in [-0.1, -0.05) is 38.4 Å². The van der Waals surface area contributed by atoms with Gasteiger partial charge in [0, 0.05) is 35.2 Å². The average molecular weight is 529 g/mol. The minimum atomic E-state index is -0.945. The lowest BCUT2D eigenvalue weighted by Gasteiger charge is -2.44. The molecule has 194 valence electrons. The highest BCUT2D eigenvalue weighted by atomic mass is 35.5. The van der Waals surface area contributed by atoms with Crippen LogP contribution in [0.5, 0.6) is 0 Å². The first-order chi connectivity index (χ1) is 17.5. The largest absolute Gasteiger partial charge is 0.465 e. The summed E-state index contributed by atoms with van der Waals surface area (Å²) in [6.07, 6.45) is 1.70. The van der Waals surface area contributed by atoms with Gasteiger partial charge in [-0.2, -0.15) is 5.10 Å². The van der Waals surface area contributed by atoms with Gasteiger partial charge in [-0.05, 0) is 30.4 Å². The van der Waals surface area contributed by atoms with Crippen LogP contribution in [-0.4, -0.2) is 53.5 Å². The van der Waals surface area contributed by atoms with Crippen LogP contribution in [0.2, 0.25) is 5.02 Å². The number of hydrogen-bond acceptors (Lipinski definition) is 6. The van der Waals surface area contributed by atoms with Gasteiger partial charge in [0.25, 0.3) is 11.4 Å². The zero-order chi connectivity index (χ0) is 26.5. The van der Waals surface area contributed by atoms with E-state index in [1.807, 2.05) is 20.8 Å². The molecule has 2 unspecified atom stereocenters. The molecule has 4 aromatic rings. The zero-order valence-corrected chi connectivity index (χ0v) is 21.3. The van der Waals surface area contributed by atoms with E-state index >= 15 is 0 Å². The second-order valence-corrected chi connectivity index (χ2v) is 10.7. The lowest BCUT2D eigenvalue weighted by Crippen LogP contribution is -2.51. The Balaban J connectivity index is 1.49. The van der Waals surface area contributed by atoms with E-state index in [1.54, 1.807) is 10.6 Å². The highest BCUT2D eigenvalue weighted by molar-refractivity contribution is 6.31. The fourth-order valence-electron chi connectivity index (χ4n) is 5.03. The highest BCUT2D eigenvalue weighted by Crippen LogP contribution is 2.39. The van der Waals surface area contributed by atoms with Crippen LogP contribution in [0.4, 0.5) is 9.18 Å². The van der Waals surface area contributed by atoms with Crippen molar-refractivity contribution < 1.29 is 18.7 Å². The van der Waals surface area contributed by atoms with Crippen molar-refractivity contribution in [3.05, 3.63) is 68.8 Å². The van der Waals surface area contributed by atoms with Gasteiger partial charge in [-0.25, -0.2) is 13.7 Å². The summed E-state index contributed by atoms with van der Waals surface area (Å²) in [7, 11) is 0. The van der Waals surface area contributed by atoms with Gasteiger partial charge >= 0.3 is 6.09 Å². The minimum absolute atomic E-state index is 0.00975. The molecule has 1 saturated heterocycles. The number of benzene rings is 1. The Morgan fingerprint density at radius 3 is 2.81 bits per heavy atom. The first-order valence-electron chi connectivity index (χ1n) is 11.9. The van der Waals surface area contributed by atoms with Crippen molar-refractivity contribution in [1.29, 1.82) is 0 Å². The van der Waals surface area contributed by atoms with E-state index in [1.165, 1.54) is 29.3 Å². The van der Waals surface area contributed by atoms with Crippen LogP contribution in [0, 0.1) is 11.2 Å². The van der Waals surface area contributed by atoms with E-state index in [0.717, 1.165) is 0 Å². The fraction of sp³-hybridized carbons (Fsp3) is 0.400. The van der Waals surface area contributed by atoms with Crippen LogP contribution >= 0.6 is 11.6 Å². The van der Waals surface area contributed by atoms with Gasteiger partial charge in [0.15, 0.2) is 0 Å². The number of halogens is 2. The van der Waals surface area contributed by atoms with Crippen LogP contribution in [0.15, 0.2) is 39.7 Å². The number of carboxylic acid groups (broad SMARTS) is 1. The number of nitrogens with one attached hydrogen (secondary N) is 1. The van der Waals surface area contributed by atoms with Crippen molar-refractivity contribution >= 4 is 23.3 Å². The van der Waals surface area contributed by atoms with Gasteiger partial charge in [0.1, 0.15) is 17.0 Å². The molecule has 5 rings (SSSR count). The second kappa shape index (κ2) is 9.29. The maximum atomic E-state index is 14.2. The molecule has 1 fully saturated rings. The van der Waals surface area contributed by atoms with Gasteiger partial charge in [-0.3, -0.25) is 4.79 Å². The Morgan fingerprint density at radius 2 is 2.11 bits per heavy atom. The third kappa shape index (κ3) is 4.71. The first kappa shape index (κ1) is 24.9. The Bertz CT molecular complexity index is 1520. The van der Waals surface area contributed by atoms with Crippen molar-refractivity contribution in [2.75, 3.05) is 6.54 Å². The topological polar surface area (TPSA) is 130 Å². The van der Waals surface area contributed by atoms with E-state index in [0.29, 0.717) is 36.3 Å². The number of H-pyrrole nitrogens is 1. The number of rotatable bonds is 4. The third-order valence-corrected chi connectivity index (χ3v) is 7.24. The molecule has 1 aromatic carbocycles. The van der Waals surface area contributed by atoms with Crippen molar-refractivity contribution in [2.24, 2.45) is 5.41 Å². The molecule has 2 N–H and O–H groups in total. The summed E-state index contributed by atoms with van der Waals surface area (Å²) in [5.41, 5.74) is 1.13. The van der Waals surface area contributed by atoms with E-state index < -0.39 is 11.9 Å². The Kier molecular flexibility index (Phi) is 6.26. The molecular weight excluding hydrogens is 503 g/mol. The number of aromatic nitrogens is 5. The van der Waals surface area contributed by atoms with E-state index in [-0.39, 0.29) is 51.7 Å². The molecule has 1 amide bonds. The van der Waals surface area contributed by atoms with Gasteiger partial charge in [-0.15, -0.1) is 10.2 Å². The van der Waals surface area contributed by atoms with E-state index in [4.69, 9.17) is 16.0 Å². The summed E-state index contributed by atoms with van der Waals surface area (Å²) in [5, 5.41) is 22.5. The summed E-state index contributed by atoms with van der Waals surface area (Å²) < 4.78 is 21.6. The predicted molar refractivity (Wildman–Crippen MR) is 133 cm³/mol. The van der Waals surface area contributed by atoms with Crippen LogP contribution in [0.25, 0.3) is 17.1 Å². The lowest BCUT2D eigenvalue weighted by atomic mass is 9.76. The van der Waals surface area contributed by atoms with Crippen LogP contribution in [0.3, 0.4) is 0 Å². The molecule has 0 saturated carbocycles. The van der Waals surface area contributed by atoms with Crippen molar-refractivity contribution in [1.82, 2.24) is 29.7 Å². The number of aromatic amines is 1. The summed E-state index contributed by atoms with van der Waals surface area (Å²) >= 11 is 6.12. The maximum absolute atomic E-state index is 14.2. The fourth-order valence-corrected chi connectivity index (χ4v) is 5.26. The first-order valence-corrected chi connectivity index (χ1v) is 12.3. The number of nitrogens with zero attached hydrogens (tertiary/aromatic N) is 5. The molecule has 0 spiro atoms. The molecular formula is C25H26ClFN6O4. The summed E-state index contributed by atoms with van der Waals surface area (Å²) in [4.78, 5) is 28.8. The SMILES string of the molecule is CC(C)(C)C1CC(c2cc(=O)[nH]c3c(-c4nnc(Cc5c(F)cccc5Cl)o4)cnn23)CCN1C(=O)O. The number of likely N-dealkylation sites (tertiary alicyclic amines) is 1. The van der Waals surface area contributed by atoms with E-state index in [9.17, 15) is 19.1 Å². The normalized spacial score (nSPS) is 18.5. The molecule has 3 aromatic heterocycles. The second-order valence-electron chi connectivity index (χ2n) is 10.3. The predicted octanol–water partition coefficient (Wildman–Crippen LogP) is 4.73. The lowest BCUT2D eigenvalue weighted by molar-refractivity contribution is 0.0518. The molecule has 2 atom stereocenters. The quantitative estimate of drug-likeness (QED) is 0.391. The monoisotopic (exact) mass is 528 g/mol. The van der Waals surface area contributed by atoms with Gasteiger partial charge < -0.3 is 19.4 Å². The standard InChI is InChI=1S/C25H26ClFN6O4/c1-25(2,3)19-9-13(7-8-32(19)24(35)36)18-11-20(34)29-22-15(12-28-33(18)22)23-31-30-21(37-23)10-14-16(26)5-4-6-17(14)27/h4-6,11-13,19H,7-10H2,1-3H3,(H,29,34)(H,35,36). The Labute approximate surface area is 216 Å². The van der Waals surface area contributed by atoms with Gasteiger partial charge in [0.05, 0.1) is 18.3 Å². The number of piperidine rings is 1. The van der Waals surface area contributed by atoms with E-state index in [2.05, 4.69) is 20.3 Å². The molecule has 10 nitrogen and oxygen atoms in total. The molecule has 1 aliphatic rings. The smallest absolute Gasteiger partial charge is 0.407 e. The van der Waals surface area contributed by atoms with Crippen molar-refractivity contribution in [3.8, 4) is 11.5 Å². The number of amides is 1. The Morgan fingerprint density at radius 1 is 1.32 bits per heavy atom. The summed E-state index contributed by atoms with van der Waals surface area (Å²) in [6.45, 7) is 6.39. The zero-order valence-electron chi connectivity index (χ0n) is 20.5. The molecule has 0 radical (unpaired) electrons. The average Bonchev–Trinajstić information content (AvgIpc) is 3.46. The molecule has 4 heterocycles. The summed E-state index contributed by atoms with van der Waals surface area (Å²) in [6, 6.07) is 5.69. The van der Waals surface area contributed by atoms with Crippen molar-refractivity contribution in [2.45, 2.75) is 52.0 Å². The molecule has 0 aliphatic carbocycles. The molecule has 12 heteroatoms. The third-order valence-electron chi connectivity index (χ3n) is 6.89. The highest BCUT2D eigenvalue weighted by Gasteiger charge is 2.40. The maximum Gasteiger partial charge on any atom is 0.407 e. The minimum Gasteiger partial charge on any atom is -0.465 e.